The van der Waals surface area contributed by atoms with Crippen molar-refractivity contribution in [1.29, 1.82) is 0 Å². The molecule has 0 spiro atoms. The summed E-state index contributed by atoms with van der Waals surface area (Å²) < 4.78 is 5.76. The average Bonchev–Trinajstić information content (AvgIpc) is 2.33. The summed E-state index contributed by atoms with van der Waals surface area (Å²) in [6.45, 7) is 11.8. The van der Waals surface area contributed by atoms with Crippen molar-refractivity contribution in [3.05, 3.63) is 0 Å². The molecule has 2 N–H and O–H groups in total. The number of aliphatic hydroxyl groups is 1. The zero-order valence-corrected chi connectivity index (χ0v) is 13.5. The molecule has 5 nitrogen and oxygen atoms in total. The maximum atomic E-state index is 12.2. The number of carbonyl (C=O) groups is 1. The molecule has 0 aromatic carbocycles. The van der Waals surface area contributed by atoms with Crippen LogP contribution in [0.4, 0.5) is 4.79 Å². The fourth-order valence-corrected chi connectivity index (χ4v) is 2.74. The Hall–Kier alpha value is -0.810. The zero-order chi connectivity index (χ0) is 15.3. The Morgan fingerprint density at radius 2 is 2.15 bits per heavy atom. The van der Waals surface area contributed by atoms with Crippen LogP contribution in [0.25, 0.3) is 0 Å². The monoisotopic (exact) mass is 286 g/mol. The van der Waals surface area contributed by atoms with Crippen molar-refractivity contribution < 1.29 is 14.6 Å². The van der Waals surface area contributed by atoms with Crippen LogP contribution in [-0.4, -0.2) is 54.0 Å². The molecule has 0 radical (unpaired) electrons. The van der Waals surface area contributed by atoms with Crippen molar-refractivity contribution in [2.75, 3.05) is 19.6 Å². The molecule has 0 bridgehead atoms. The minimum absolute atomic E-state index is 0.0303. The molecule has 0 aromatic heterocycles. The van der Waals surface area contributed by atoms with Crippen LogP contribution >= 0.6 is 0 Å². The van der Waals surface area contributed by atoms with Crippen LogP contribution in [-0.2, 0) is 4.74 Å². The summed E-state index contributed by atoms with van der Waals surface area (Å²) in [6.07, 6.45) is 1.46. The van der Waals surface area contributed by atoms with Gasteiger partial charge in [-0.2, -0.15) is 0 Å². The van der Waals surface area contributed by atoms with Crippen LogP contribution in [0.5, 0.6) is 0 Å². The summed E-state index contributed by atoms with van der Waals surface area (Å²) in [6, 6.07) is -0.0303. The first-order valence-corrected chi connectivity index (χ1v) is 7.60. The smallest absolute Gasteiger partial charge is 0.317 e. The van der Waals surface area contributed by atoms with Gasteiger partial charge in [0.15, 0.2) is 0 Å². The van der Waals surface area contributed by atoms with Crippen molar-refractivity contribution in [2.45, 2.75) is 65.8 Å². The molecule has 20 heavy (non-hydrogen) atoms. The first-order valence-electron chi connectivity index (χ1n) is 7.60. The van der Waals surface area contributed by atoms with E-state index < -0.39 is 0 Å². The van der Waals surface area contributed by atoms with Gasteiger partial charge in [-0.25, -0.2) is 4.79 Å². The topological polar surface area (TPSA) is 61.8 Å². The van der Waals surface area contributed by atoms with Crippen molar-refractivity contribution in [1.82, 2.24) is 10.2 Å². The lowest BCUT2D eigenvalue weighted by molar-refractivity contribution is -0.0647. The largest absolute Gasteiger partial charge is 0.393 e. The zero-order valence-electron chi connectivity index (χ0n) is 13.5. The molecule has 5 heteroatoms. The van der Waals surface area contributed by atoms with Gasteiger partial charge in [0.2, 0.25) is 0 Å². The molecule has 0 saturated carbocycles. The van der Waals surface area contributed by atoms with Crippen molar-refractivity contribution >= 4 is 6.03 Å². The van der Waals surface area contributed by atoms with Gasteiger partial charge in [0.25, 0.3) is 0 Å². The molecule has 0 aliphatic carbocycles. The highest BCUT2D eigenvalue weighted by Gasteiger charge is 2.28. The predicted octanol–water partition coefficient (Wildman–Crippen LogP) is 1.99. The Labute approximate surface area is 122 Å². The molecule has 1 aliphatic rings. The molecule has 3 unspecified atom stereocenters. The molecule has 1 saturated heterocycles. The van der Waals surface area contributed by atoms with Gasteiger partial charge in [-0.1, -0.05) is 20.8 Å². The Bertz CT molecular complexity index is 318. The molecule has 1 rings (SSSR count). The standard InChI is InChI=1S/C15H30N2O3/c1-6-13-9-17(8-12(3)20-13)14(19)16-10-15(4,5)7-11(2)18/h11-13,18H,6-10H2,1-5H3,(H,16,19). The van der Waals surface area contributed by atoms with Gasteiger partial charge >= 0.3 is 6.03 Å². The second kappa shape index (κ2) is 7.27. The van der Waals surface area contributed by atoms with Crippen molar-refractivity contribution in [3.8, 4) is 0 Å². The third-order valence-electron chi connectivity index (χ3n) is 3.63. The molecule has 2 amide bonds. The summed E-state index contributed by atoms with van der Waals surface area (Å²) >= 11 is 0. The molecule has 3 atom stereocenters. The average molecular weight is 286 g/mol. The number of hydrogen-bond donors (Lipinski definition) is 2. The van der Waals surface area contributed by atoms with Crippen LogP contribution in [0.1, 0.15) is 47.5 Å². The van der Waals surface area contributed by atoms with Crippen LogP contribution < -0.4 is 5.32 Å². The lowest BCUT2D eigenvalue weighted by atomic mass is 9.87. The van der Waals surface area contributed by atoms with E-state index in [0.29, 0.717) is 26.1 Å². The SMILES string of the molecule is CCC1CN(C(=O)NCC(C)(C)CC(C)O)CC(C)O1. The number of morpholine rings is 1. The predicted molar refractivity (Wildman–Crippen MR) is 79.7 cm³/mol. The van der Waals surface area contributed by atoms with Crippen LogP contribution in [0.2, 0.25) is 0 Å². The third-order valence-corrected chi connectivity index (χ3v) is 3.63. The van der Waals surface area contributed by atoms with Crippen molar-refractivity contribution in [2.24, 2.45) is 5.41 Å². The molecular weight excluding hydrogens is 256 g/mol. The third kappa shape index (κ3) is 5.67. The first-order chi connectivity index (χ1) is 9.23. The Kier molecular flexibility index (Phi) is 6.27. The van der Waals surface area contributed by atoms with Gasteiger partial charge in [0.05, 0.1) is 18.3 Å². The number of hydrogen-bond acceptors (Lipinski definition) is 3. The van der Waals surface area contributed by atoms with Gasteiger partial charge in [-0.05, 0) is 32.1 Å². The molecule has 0 aromatic rings. The van der Waals surface area contributed by atoms with Gasteiger partial charge < -0.3 is 20.1 Å². The summed E-state index contributed by atoms with van der Waals surface area (Å²) in [5.41, 5.74) is -0.105. The second-order valence-corrected chi connectivity index (χ2v) is 6.76. The van der Waals surface area contributed by atoms with E-state index >= 15 is 0 Å². The van der Waals surface area contributed by atoms with E-state index in [1.165, 1.54) is 0 Å². The number of nitrogens with zero attached hydrogens (tertiary/aromatic N) is 1. The summed E-state index contributed by atoms with van der Waals surface area (Å²) in [5.74, 6) is 0. The highest BCUT2D eigenvalue weighted by Crippen LogP contribution is 2.21. The number of rotatable bonds is 5. The minimum Gasteiger partial charge on any atom is -0.393 e. The molecule has 1 aliphatic heterocycles. The maximum Gasteiger partial charge on any atom is 0.317 e. The van der Waals surface area contributed by atoms with Gasteiger partial charge in [0, 0.05) is 19.6 Å². The highest BCUT2D eigenvalue weighted by atomic mass is 16.5. The van der Waals surface area contributed by atoms with E-state index in [-0.39, 0.29) is 29.8 Å². The number of ether oxygens (including phenoxy) is 1. The lowest BCUT2D eigenvalue weighted by Gasteiger charge is -2.37. The number of amides is 2. The van der Waals surface area contributed by atoms with Crippen LogP contribution in [0.15, 0.2) is 0 Å². The van der Waals surface area contributed by atoms with Gasteiger partial charge in [-0.3, -0.25) is 0 Å². The number of aliphatic hydroxyl groups excluding tert-OH is 1. The van der Waals surface area contributed by atoms with E-state index in [4.69, 9.17) is 4.74 Å². The fraction of sp³-hybridized carbons (Fsp3) is 0.933. The molecule has 1 fully saturated rings. The normalized spacial score (nSPS) is 25.4. The minimum atomic E-state index is -0.352. The Morgan fingerprint density at radius 1 is 1.50 bits per heavy atom. The summed E-state index contributed by atoms with van der Waals surface area (Å²) in [5, 5.41) is 12.4. The first kappa shape index (κ1) is 17.2. The van der Waals surface area contributed by atoms with Crippen LogP contribution in [0.3, 0.4) is 0 Å². The van der Waals surface area contributed by atoms with E-state index in [9.17, 15) is 9.90 Å². The fourth-order valence-electron chi connectivity index (χ4n) is 2.74. The lowest BCUT2D eigenvalue weighted by Crippen LogP contribution is -2.53. The Morgan fingerprint density at radius 3 is 2.70 bits per heavy atom. The number of urea groups is 1. The highest BCUT2D eigenvalue weighted by molar-refractivity contribution is 5.74. The number of nitrogens with one attached hydrogen (secondary N) is 1. The summed E-state index contributed by atoms with van der Waals surface area (Å²) in [4.78, 5) is 14.1. The molecule has 1 heterocycles. The number of carbonyl (C=O) groups excluding carboxylic acids is 1. The van der Waals surface area contributed by atoms with E-state index in [1.807, 2.05) is 11.8 Å². The van der Waals surface area contributed by atoms with E-state index in [1.54, 1.807) is 6.92 Å². The molecular formula is C15H30N2O3. The van der Waals surface area contributed by atoms with E-state index in [2.05, 4.69) is 26.1 Å². The van der Waals surface area contributed by atoms with Crippen LogP contribution in [0, 0.1) is 5.41 Å². The second-order valence-electron chi connectivity index (χ2n) is 6.76. The van der Waals surface area contributed by atoms with E-state index in [0.717, 1.165) is 6.42 Å². The maximum absolute atomic E-state index is 12.2. The molecule has 118 valence electrons. The Balaban J connectivity index is 2.46. The quantitative estimate of drug-likeness (QED) is 0.812. The van der Waals surface area contributed by atoms with Gasteiger partial charge in [-0.15, -0.1) is 0 Å². The summed E-state index contributed by atoms with van der Waals surface area (Å²) in [7, 11) is 0. The van der Waals surface area contributed by atoms with Gasteiger partial charge in [0.1, 0.15) is 0 Å². The van der Waals surface area contributed by atoms with Crippen molar-refractivity contribution in [3.63, 3.8) is 0 Å².